The van der Waals surface area contributed by atoms with Gasteiger partial charge in [0.2, 0.25) is 0 Å². The van der Waals surface area contributed by atoms with Crippen LogP contribution in [0.2, 0.25) is 0 Å². The van der Waals surface area contributed by atoms with E-state index >= 15 is 0 Å². The largest absolute Gasteiger partial charge is 0.385 e. The standard InChI is InChI=1S/C16H20O4S/c17-16(9-13-4-5-14(10-16)21(13)18)12-3-1-2-11(8-12)15-19-6-7-20-15/h1-3,8,13-15,17H,4-7,9-10H2. The highest BCUT2D eigenvalue weighted by atomic mass is 32.2. The zero-order chi connectivity index (χ0) is 14.4. The molecular formula is C16H20O4S. The Labute approximate surface area is 126 Å². The minimum absolute atomic E-state index is 0.149. The van der Waals surface area contributed by atoms with Crippen LogP contribution in [0.15, 0.2) is 24.3 Å². The molecule has 1 aromatic rings. The second kappa shape index (κ2) is 5.16. The van der Waals surface area contributed by atoms with E-state index in [-0.39, 0.29) is 16.8 Å². The Kier molecular flexibility index (Phi) is 3.41. The molecule has 1 aromatic carbocycles. The van der Waals surface area contributed by atoms with Crippen LogP contribution in [-0.2, 0) is 25.9 Å². The molecule has 4 rings (SSSR count). The number of hydrogen-bond donors (Lipinski definition) is 1. The van der Waals surface area contributed by atoms with E-state index in [4.69, 9.17) is 9.47 Å². The van der Waals surface area contributed by atoms with E-state index in [1.54, 1.807) is 0 Å². The highest BCUT2D eigenvalue weighted by Gasteiger charge is 2.48. The molecule has 0 radical (unpaired) electrons. The second-order valence-corrected chi connectivity index (χ2v) is 8.28. The minimum Gasteiger partial charge on any atom is -0.385 e. The van der Waals surface area contributed by atoms with Gasteiger partial charge in [-0.15, -0.1) is 0 Å². The Morgan fingerprint density at radius 2 is 1.81 bits per heavy atom. The van der Waals surface area contributed by atoms with E-state index < -0.39 is 16.4 Å². The molecule has 2 bridgehead atoms. The monoisotopic (exact) mass is 308 g/mol. The van der Waals surface area contributed by atoms with Crippen molar-refractivity contribution in [3.8, 4) is 0 Å². The molecule has 4 nitrogen and oxygen atoms in total. The summed E-state index contributed by atoms with van der Waals surface area (Å²) in [7, 11) is -0.756. The van der Waals surface area contributed by atoms with Crippen molar-refractivity contribution in [2.45, 2.75) is 48.1 Å². The zero-order valence-electron chi connectivity index (χ0n) is 11.9. The average Bonchev–Trinajstić information content (AvgIpc) is 3.09. The molecule has 3 saturated heterocycles. The van der Waals surface area contributed by atoms with Crippen molar-refractivity contribution in [2.24, 2.45) is 0 Å². The first-order valence-electron chi connectivity index (χ1n) is 7.61. The molecule has 21 heavy (non-hydrogen) atoms. The van der Waals surface area contributed by atoms with Crippen molar-refractivity contribution in [3.05, 3.63) is 35.4 Å². The van der Waals surface area contributed by atoms with Crippen LogP contribution in [0.4, 0.5) is 0 Å². The molecule has 2 unspecified atom stereocenters. The summed E-state index contributed by atoms with van der Waals surface area (Å²) in [5.41, 5.74) is 1.01. The Morgan fingerprint density at radius 3 is 2.48 bits per heavy atom. The van der Waals surface area contributed by atoms with Crippen LogP contribution in [0.25, 0.3) is 0 Å². The van der Waals surface area contributed by atoms with Crippen molar-refractivity contribution in [1.82, 2.24) is 0 Å². The fraction of sp³-hybridized carbons (Fsp3) is 0.625. The van der Waals surface area contributed by atoms with Crippen LogP contribution in [0.5, 0.6) is 0 Å². The minimum atomic E-state index is -0.853. The molecule has 2 atom stereocenters. The van der Waals surface area contributed by atoms with Gasteiger partial charge in [0.15, 0.2) is 6.29 Å². The highest BCUT2D eigenvalue weighted by Crippen LogP contribution is 2.46. The predicted octanol–water partition coefficient (Wildman–Crippen LogP) is 1.99. The summed E-state index contributed by atoms with van der Waals surface area (Å²) in [5.74, 6) is 0. The van der Waals surface area contributed by atoms with Crippen molar-refractivity contribution in [2.75, 3.05) is 13.2 Å². The van der Waals surface area contributed by atoms with Crippen molar-refractivity contribution in [3.63, 3.8) is 0 Å². The van der Waals surface area contributed by atoms with Gasteiger partial charge in [0.05, 0.1) is 18.8 Å². The first kappa shape index (κ1) is 13.9. The molecule has 0 spiro atoms. The van der Waals surface area contributed by atoms with Crippen molar-refractivity contribution < 1.29 is 18.8 Å². The topological polar surface area (TPSA) is 55.8 Å². The van der Waals surface area contributed by atoms with Gasteiger partial charge in [0.25, 0.3) is 0 Å². The maximum Gasteiger partial charge on any atom is 0.184 e. The lowest BCUT2D eigenvalue weighted by molar-refractivity contribution is -0.0446. The molecule has 5 heteroatoms. The third kappa shape index (κ3) is 2.36. The summed E-state index contributed by atoms with van der Waals surface area (Å²) in [6.07, 6.45) is 2.85. The molecule has 0 aromatic heterocycles. The SMILES string of the molecule is O=S1C2CCC1CC(O)(c1cccc(C3OCCO3)c1)C2. The molecule has 3 fully saturated rings. The molecule has 0 saturated carbocycles. The van der Waals surface area contributed by atoms with Gasteiger partial charge >= 0.3 is 0 Å². The number of aliphatic hydroxyl groups is 1. The van der Waals surface area contributed by atoms with Crippen LogP contribution in [0, 0.1) is 0 Å². The van der Waals surface area contributed by atoms with Crippen molar-refractivity contribution >= 4 is 10.8 Å². The van der Waals surface area contributed by atoms with Gasteiger partial charge in [-0.2, -0.15) is 0 Å². The van der Waals surface area contributed by atoms with Gasteiger partial charge < -0.3 is 14.6 Å². The van der Waals surface area contributed by atoms with Gasteiger partial charge in [-0.3, -0.25) is 4.21 Å². The average molecular weight is 308 g/mol. The number of ether oxygens (including phenoxy) is 2. The van der Waals surface area contributed by atoms with Crippen LogP contribution in [0.1, 0.15) is 43.1 Å². The number of hydrogen-bond acceptors (Lipinski definition) is 4. The molecule has 0 amide bonds. The van der Waals surface area contributed by atoms with Gasteiger partial charge in [0.1, 0.15) is 0 Å². The number of rotatable bonds is 2. The maximum atomic E-state index is 12.1. The van der Waals surface area contributed by atoms with Crippen LogP contribution < -0.4 is 0 Å². The zero-order valence-corrected chi connectivity index (χ0v) is 12.7. The molecule has 1 N–H and O–H groups in total. The molecule has 3 aliphatic heterocycles. The summed E-state index contributed by atoms with van der Waals surface area (Å²) in [6.45, 7) is 1.23. The number of fused-ring (bicyclic) bond motifs is 2. The Bertz CT molecular complexity index is 551. The Balaban J connectivity index is 1.63. The molecule has 3 heterocycles. The molecule has 0 aliphatic carbocycles. The lowest BCUT2D eigenvalue weighted by Crippen LogP contribution is -2.40. The summed E-state index contributed by atoms with van der Waals surface area (Å²) in [5, 5.41) is 11.4. The first-order valence-corrected chi connectivity index (χ1v) is 8.89. The third-order valence-corrected chi connectivity index (χ3v) is 7.04. The summed E-state index contributed by atoms with van der Waals surface area (Å²) in [6, 6.07) is 7.87. The summed E-state index contributed by atoms with van der Waals surface area (Å²) >= 11 is 0. The van der Waals surface area contributed by atoms with E-state index in [0.717, 1.165) is 24.0 Å². The number of benzene rings is 1. The van der Waals surface area contributed by atoms with E-state index in [9.17, 15) is 9.32 Å². The smallest absolute Gasteiger partial charge is 0.184 e. The lowest BCUT2D eigenvalue weighted by Gasteiger charge is -2.36. The quantitative estimate of drug-likeness (QED) is 0.908. The van der Waals surface area contributed by atoms with Gasteiger partial charge in [0, 0.05) is 26.9 Å². The molecule has 3 aliphatic rings. The second-order valence-electron chi connectivity index (χ2n) is 6.29. The highest BCUT2D eigenvalue weighted by molar-refractivity contribution is 7.86. The van der Waals surface area contributed by atoms with Crippen LogP contribution in [0.3, 0.4) is 0 Å². The van der Waals surface area contributed by atoms with E-state index in [1.165, 1.54) is 0 Å². The Morgan fingerprint density at radius 1 is 1.14 bits per heavy atom. The summed E-state index contributed by atoms with van der Waals surface area (Å²) < 4.78 is 23.2. The Hall–Kier alpha value is -0.750. The van der Waals surface area contributed by atoms with E-state index in [1.807, 2.05) is 24.3 Å². The normalized spacial score (nSPS) is 39.8. The van der Waals surface area contributed by atoms with Gasteiger partial charge in [-0.25, -0.2) is 0 Å². The van der Waals surface area contributed by atoms with Crippen LogP contribution >= 0.6 is 0 Å². The third-order valence-electron chi connectivity index (χ3n) is 4.92. The van der Waals surface area contributed by atoms with Gasteiger partial charge in [-0.1, -0.05) is 18.2 Å². The molecule has 114 valence electrons. The van der Waals surface area contributed by atoms with Crippen molar-refractivity contribution in [1.29, 1.82) is 0 Å². The first-order chi connectivity index (χ1) is 10.2. The van der Waals surface area contributed by atoms with E-state index in [2.05, 4.69) is 0 Å². The lowest BCUT2D eigenvalue weighted by atomic mass is 9.85. The predicted molar refractivity (Wildman–Crippen MR) is 79.2 cm³/mol. The molecular weight excluding hydrogens is 288 g/mol. The fourth-order valence-corrected chi connectivity index (χ4v) is 6.00. The van der Waals surface area contributed by atoms with Crippen LogP contribution in [-0.4, -0.2) is 33.0 Å². The maximum absolute atomic E-state index is 12.1. The van der Waals surface area contributed by atoms with Gasteiger partial charge in [-0.05, 0) is 37.3 Å². The van der Waals surface area contributed by atoms with E-state index in [0.29, 0.717) is 26.1 Å². The fourth-order valence-electron chi connectivity index (χ4n) is 3.84. The summed E-state index contributed by atoms with van der Waals surface area (Å²) in [4.78, 5) is 0.